The lowest BCUT2D eigenvalue weighted by atomic mass is 10.1. The number of carbonyl (C=O) groups excluding carboxylic acids is 1. The molecule has 0 amide bonds. The van der Waals surface area contributed by atoms with Crippen molar-refractivity contribution in [3.8, 4) is 0 Å². The Labute approximate surface area is 132 Å². The smallest absolute Gasteiger partial charge is 0.308 e. The molecule has 1 unspecified atom stereocenters. The number of aliphatic hydroxyl groups is 1. The van der Waals surface area contributed by atoms with E-state index in [0.717, 1.165) is 20.9 Å². The van der Waals surface area contributed by atoms with Gasteiger partial charge in [-0.25, -0.2) is 0 Å². The summed E-state index contributed by atoms with van der Waals surface area (Å²) in [5.74, 6) is -0.379. The van der Waals surface area contributed by atoms with E-state index in [4.69, 9.17) is 4.74 Å². The van der Waals surface area contributed by atoms with Crippen molar-refractivity contribution in [1.82, 2.24) is 0 Å². The van der Waals surface area contributed by atoms with Crippen LogP contribution in [-0.4, -0.2) is 30.3 Å². The average molecular weight is 352 g/mol. The molecule has 21 heavy (non-hydrogen) atoms. The molecule has 0 saturated heterocycles. The maximum atomic E-state index is 11.3. The standard InChI is InChI=1S/C16H18BrNO3/c1-2-21-16(20)9-15(19)10-18-14-6-4-11-7-13(17)5-3-12(11)8-14/h3-8,15,18-19H,2,9-10H2,1H3. The number of halogens is 1. The number of rotatable bonds is 6. The lowest BCUT2D eigenvalue weighted by Crippen LogP contribution is -2.23. The molecule has 0 bridgehead atoms. The zero-order chi connectivity index (χ0) is 15.2. The topological polar surface area (TPSA) is 58.6 Å². The molecule has 2 aromatic rings. The Morgan fingerprint density at radius 1 is 1.29 bits per heavy atom. The van der Waals surface area contributed by atoms with Crippen molar-refractivity contribution < 1.29 is 14.6 Å². The normalized spacial score (nSPS) is 12.1. The molecule has 2 rings (SSSR count). The molecule has 0 fully saturated rings. The molecule has 0 spiro atoms. The third-order valence-corrected chi connectivity index (χ3v) is 3.54. The highest BCUT2D eigenvalue weighted by molar-refractivity contribution is 9.10. The molecular weight excluding hydrogens is 334 g/mol. The lowest BCUT2D eigenvalue weighted by molar-refractivity contribution is -0.145. The molecule has 112 valence electrons. The second kappa shape index (κ2) is 7.43. The Hall–Kier alpha value is -1.59. The van der Waals surface area contributed by atoms with Crippen LogP contribution in [0, 0.1) is 0 Å². The summed E-state index contributed by atoms with van der Waals surface area (Å²) in [6.07, 6.45) is -0.758. The zero-order valence-corrected chi connectivity index (χ0v) is 13.4. The average Bonchev–Trinajstić information content (AvgIpc) is 2.45. The number of carbonyl (C=O) groups is 1. The summed E-state index contributed by atoms with van der Waals surface area (Å²) in [5.41, 5.74) is 0.910. The van der Waals surface area contributed by atoms with E-state index in [1.54, 1.807) is 6.92 Å². The first-order valence-corrected chi connectivity index (χ1v) is 7.64. The van der Waals surface area contributed by atoms with Crippen LogP contribution in [0.25, 0.3) is 10.8 Å². The fourth-order valence-electron chi connectivity index (χ4n) is 2.05. The summed E-state index contributed by atoms with van der Waals surface area (Å²) in [6, 6.07) is 12.0. The minimum absolute atomic E-state index is 0.00136. The van der Waals surface area contributed by atoms with Gasteiger partial charge in [-0.2, -0.15) is 0 Å². The highest BCUT2D eigenvalue weighted by Crippen LogP contribution is 2.23. The first kappa shape index (κ1) is 15.8. The van der Waals surface area contributed by atoms with Crippen LogP contribution in [0.4, 0.5) is 5.69 Å². The molecule has 2 N–H and O–H groups in total. The van der Waals surface area contributed by atoms with Crippen molar-refractivity contribution in [2.45, 2.75) is 19.4 Å². The van der Waals surface area contributed by atoms with E-state index in [1.165, 1.54) is 0 Å². The summed E-state index contributed by atoms with van der Waals surface area (Å²) in [6.45, 7) is 2.38. The van der Waals surface area contributed by atoms with Gasteiger partial charge in [-0.05, 0) is 42.0 Å². The van der Waals surface area contributed by atoms with Gasteiger partial charge in [-0.1, -0.05) is 28.1 Å². The van der Waals surface area contributed by atoms with E-state index in [0.29, 0.717) is 13.2 Å². The zero-order valence-electron chi connectivity index (χ0n) is 11.8. The quantitative estimate of drug-likeness (QED) is 0.783. The van der Waals surface area contributed by atoms with Gasteiger partial charge >= 0.3 is 5.97 Å². The van der Waals surface area contributed by atoms with Gasteiger partial charge < -0.3 is 15.2 Å². The van der Waals surface area contributed by atoms with Crippen LogP contribution in [0.5, 0.6) is 0 Å². The Kier molecular flexibility index (Phi) is 5.59. The molecule has 1 atom stereocenters. The summed E-state index contributed by atoms with van der Waals surface area (Å²) < 4.78 is 5.84. The molecular formula is C16H18BrNO3. The van der Waals surface area contributed by atoms with Crippen molar-refractivity contribution >= 4 is 38.4 Å². The maximum absolute atomic E-state index is 11.3. The highest BCUT2D eigenvalue weighted by Gasteiger charge is 2.11. The molecule has 0 radical (unpaired) electrons. The van der Waals surface area contributed by atoms with Crippen molar-refractivity contribution in [1.29, 1.82) is 0 Å². The van der Waals surface area contributed by atoms with Crippen molar-refractivity contribution in [3.63, 3.8) is 0 Å². The van der Waals surface area contributed by atoms with Gasteiger partial charge in [0.15, 0.2) is 0 Å². The number of ether oxygens (including phenoxy) is 1. The Morgan fingerprint density at radius 2 is 2.00 bits per heavy atom. The SMILES string of the molecule is CCOC(=O)CC(O)CNc1ccc2cc(Br)ccc2c1. The third-order valence-electron chi connectivity index (χ3n) is 3.05. The lowest BCUT2D eigenvalue weighted by Gasteiger charge is -2.12. The third kappa shape index (κ3) is 4.72. The van der Waals surface area contributed by atoms with E-state index in [9.17, 15) is 9.90 Å². The predicted octanol–water partition coefficient (Wildman–Crippen LogP) is 3.33. The van der Waals surface area contributed by atoms with Crippen LogP contribution >= 0.6 is 15.9 Å². The molecule has 0 aliphatic carbocycles. The fraction of sp³-hybridized carbons (Fsp3) is 0.312. The predicted molar refractivity (Wildman–Crippen MR) is 87.4 cm³/mol. The largest absolute Gasteiger partial charge is 0.466 e. The highest BCUT2D eigenvalue weighted by atomic mass is 79.9. The Balaban J connectivity index is 1.94. The van der Waals surface area contributed by atoms with Gasteiger partial charge in [0, 0.05) is 16.7 Å². The number of hydrogen-bond acceptors (Lipinski definition) is 4. The Morgan fingerprint density at radius 3 is 2.76 bits per heavy atom. The molecule has 5 heteroatoms. The summed E-state index contributed by atoms with van der Waals surface area (Å²) in [5, 5.41) is 15.2. The number of fused-ring (bicyclic) bond motifs is 1. The van der Waals surface area contributed by atoms with Crippen molar-refractivity contribution in [3.05, 3.63) is 40.9 Å². The molecule has 0 aliphatic heterocycles. The minimum atomic E-state index is -0.760. The summed E-state index contributed by atoms with van der Waals surface area (Å²) >= 11 is 3.44. The van der Waals surface area contributed by atoms with Crippen LogP contribution in [0.15, 0.2) is 40.9 Å². The van der Waals surface area contributed by atoms with Gasteiger partial charge in [0.25, 0.3) is 0 Å². The van der Waals surface area contributed by atoms with Crippen molar-refractivity contribution in [2.24, 2.45) is 0 Å². The van der Waals surface area contributed by atoms with Crippen LogP contribution < -0.4 is 5.32 Å². The van der Waals surface area contributed by atoms with Crippen LogP contribution in [-0.2, 0) is 9.53 Å². The molecule has 0 aromatic heterocycles. The Bertz CT molecular complexity index is 630. The second-order valence-corrected chi connectivity index (χ2v) is 5.67. The molecule has 2 aromatic carbocycles. The number of esters is 1. The molecule has 0 heterocycles. The van der Waals surface area contributed by atoms with Crippen LogP contribution in [0.3, 0.4) is 0 Å². The van der Waals surface area contributed by atoms with Gasteiger partial charge in [-0.3, -0.25) is 4.79 Å². The minimum Gasteiger partial charge on any atom is -0.466 e. The van der Waals surface area contributed by atoms with Gasteiger partial charge in [0.2, 0.25) is 0 Å². The first-order valence-electron chi connectivity index (χ1n) is 6.85. The monoisotopic (exact) mass is 351 g/mol. The molecule has 4 nitrogen and oxygen atoms in total. The van der Waals surface area contributed by atoms with Crippen LogP contribution in [0.1, 0.15) is 13.3 Å². The van der Waals surface area contributed by atoms with Gasteiger partial charge in [0.05, 0.1) is 19.1 Å². The fourth-order valence-corrected chi connectivity index (χ4v) is 2.43. The first-order chi connectivity index (χ1) is 10.1. The maximum Gasteiger partial charge on any atom is 0.308 e. The van der Waals surface area contributed by atoms with Crippen LogP contribution in [0.2, 0.25) is 0 Å². The summed E-state index contributed by atoms with van der Waals surface area (Å²) in [4.78, 5) is 11.3. The van der Waals surface area contributed by atoms with E-state index < -0.39 is 6.10 Å². The van der Waals surface area contributed by atoms with E-state index >= 15 is 0 Å². The molecule has 0 saturated carbocycles. The van der Waals surface area contributed by atoms with E-state index in [2.05, 4.69) is 27.3 Å². The number of hydrogen-bond donors (Lipinski definition) is 2. The van der Waals surface area contributed by atoms with Gasteiger partial charge in [-0.15, -0.1) is 0 Å². The number of nitrogens with one attached hydrogen (secondary N) is 1. The van der Waals surface area contributed by atoms with E-state index in [1.807, 2.05) is 30.3 Å². The number of anilines is 1. The van der Waals surface area contributed by atoms with E-state index in [-0.39, 0.29) is 12.4 Å². The number of aliphatic hydroxyl groups excluding tert-OH is 1. The van der Waals surface area contributed by atoms with Gasteiger partial charge in [0.1, 0.15) is 0 Å². The van der Waals surface area contributed by atoms with Crippen molar-refractivity contribution in [2.75, 3.05) is 18.5 Å². The summed E-state index contributed by atoms with van der Waals surface area (Å²) in [7, 11) is 0. The molecule has 0 aliphatic rings. The second-order valence-electron chi connectivity index (χ2n) is 4.75. The number of benzene rings is 2.